The highest BCUT2D eigenvalue weighted by molar-refractivity contribution is 6.35. The van der Waals surface area contributed by atoms with Gasteiger partial charge in [0.15, 0.2) is 0 Å². The van der Waals surface area contributed by atoms with Crippen LogP contribution in [0.5, 0.6) is 0 Å². The van der Waals surface area contributed by atoms with E-state index in [0.717, 1.165) is 11.1 Å². The zero-order valence-electron chi connectivity index (χ0n) is 15.1. The zero-order chi connectivity index (χ0) is 18.4. The fourth-order valence-corrected chi connectivity index (χ4v) is 2.83. The first-order valence-corrected chi connectivity index (χ1v) is 8.58. The van der Waals surface area contributed by atoms with Gasteiger partial charge in [0.05, 0.1) is 12.2 Å². The number of amides is 2. The van der Waals surface area contributed by atoms with Crippen LogP contribution in [0.1, 0.15) is 24.5 Å². The molecule has 0 aliphatic carbocycles. The van der Waals surface area contributed by atoms with Crippen LogP contribution in [0.4, 0.5) is 0 Å². The van der Waals surface area contributed by atoms with Crippen molar-refractivity contribution >= 4 is 17.4 Å². The Labute approximate surface area is 148 Å². The van der Waals surface area contributed by atoms with E-state index >= 15 is 0 Å². The van der Waals surface area contributed by atoms with Crippen LogP contribution in [0.15, 0.2) is 30.0 Å². The SMILES string of the molecule is CCOCCCN1C(=O)C(c2ccc(C)cc2)=C(N(C)CCO)C1=O. The Balaban J connectivity index is 2.32. The molecule has 2 amide bonds. The van der Waals surface area contributed by atoms with Crippen molar-refractivity contribution in [2.75, 3.05) is 40.0 Å². The Bertz CT molecular complexity index is 652. The zero-order valence-corrected chi connectivity index (χ0v) is 15.1. The summed E-state index contributed by atoms with van der Waals surface area (Å²) in [6, 6.07) is 7.54. The first-order valence-electron chi connectivity index (χ1n) is 8.58. The summed E-state index contributed by atoms with van der Waals surface area (Å²) in [5.74, 6) is -0.599. The second kappa shape index (κ2) is 8.78. The molecule has 0 aromatic heterocycles. The van der Waals surface area contributed by atoms with Crippen molar-refractivity contribution in [3.05, 3.63) is 41.1 Å². The number of likely N-dealkylation sites (N-methyl/N-ethyl adjacent to an activating group) is 1. The van der Waals surface area contributed by atoms with Gasteiger partial charge < -0.3 is 14.7 Å². The number of hydrogen-bond acceptors (Lipinski definition) is 5. The number of rotatable bonds is 9. The third kappa shape index (κ3) is 4.27. The second-order valence-corrected chi connectivity index (χ2v) is 6.05. The van der Waals surface area contributed by atoms with Crippen LogP contribution in [0.3, 0.4) is 0 Å². The van der Waals surface area contributed by atoms with Crippen molar-refractivity contribution in [2.24, 2.45) is 0 Å². The smallest absolute Gasteiger partial charge is 0.277 e. The van der Waals surface area contributed by atoms with Crippen molar-refractivity contribution in [3.63, 3.8) is 0 Å². The van der Waals surface area contributed by atoms with Crippen LogP contribution in [-0.2, 0) is 14.3 Å². The minimum absolute atomic E-state index is 0.0903. The number of ether oxygens (including phenoxy) is 1. The maximum absolute atomic E-state index is 12.9. The van der Waals surface area contributed by atoms with Crippen LogP contribution in [0, 0.1) is 6.92 Å². The monoisotopic (exact) mass is 346 g/mol. The van der Waals surface area contributed by atoms with Crippen molar-refractivity contribution in [3.8, 4) is 0 Å². The van der Waals surface area contributed by atoms with Gasteiger partial charge in [-0.15, -0.1) is 0 Å². The van der Waals surface area contributed by atoms with E-state index in [2.05, 4.69) is 0 Å². The number of aliphatic hydroxyl groups is 1. The Morgan fingerprint density at radius 1 is 1.16 bits per heavy atom. The molecule has 6 heteroatoms. The predicted octanol–water partition coefficient (Wildman–Crippen LogP) is 1.43. The molecule has 136 valence electrons. The number of carbonyl (C=O) groups is 2. The van der Waals surface area contributed by atoms with Gasteiger partial charge in [0.2, 0.25) is 0 Å². The van der Waals surface area contributed by atoms with Gasteiger partial charge in [-0.3, -0.25) is 14.5 Å². The third-order valence-corrected chi connectivity index (χ3v) is 4.18. The lowest BCUT2D eigenvalue weighted by Gasteiger charge is -2.20. The Morgan fingerprint density at radius 2 is 1.84 bits per heavy atom. The summed E-state index contributed by atoms with van der Waals surface area (Å²) in [6.07, 6.45) is 0.601. The van der Waals surface area contributed by atoms with E-state index in [4.69, 9.17) is 4.74 Å². The van der Waals surface area contributed by atoms with Crippen LogP contribution < -0.4 is 0 Å². The molecule has 0 saturated carbocycles. The lowest BCUT2D eigenvalue weighted by atomic mass is 10.0. The molecule has 0 bridgehead atoms. The van der Waals surface area contributed by atoms with E-state index in [9.17, 15) is 14.7 Å². The molecule has 1 N–H and O–H groups in total. The molecule has 1 heterocycles. The van der Waals surface area contributed by atoms with Crippen LogP contribution in [0.2, 0.25) is 0 Å². The maximum atomic E-state index is 12.9. The van der Waals surface area contributed by atoms with Gasteiger partial charge in [0.25, 0.3) is 11.8 Å². The van der Waals surface area contributed by atoms with Gasteiger partial charge in [0, 0.05) is 33.4 Å². The molecule has 0 radical (unpaired) electrons. The molecule has 0 spiro atoms. The van der Waals surface area contributed by atoms with Crippen molar-refractivity contribution in [2.45, 2.75) is 20.3 Å². The molecule has 0 fully saturated rings. The van der Waals surface area contributed by atoms with Crippen molar-refractivity contribution in [1.29, 1.82) is 0 Å². The van der Waals surface area contributed by atoms with Crippen LogP contribution in [0.25, 0.3) is 5.57 Å². The largest absolute Gasteiger partial charge is 0.395 e. The van der Waals surface area contributed by atoms with Crippen LogP contribution >= 0.6 is 0 Å². The average molecular weight is 346 g/mol. The average Bonchev–Trinajstić information content (AvgIpc) is 2.84. The number of nitrogens with zero attached hydrogens (tertiary/aromatic N) is 2. The van der Waals surface area contributed by atoms with E-state index in [-0.39, 0.29) is 25.0 Å². The number of hydrogen-bond donors (Lipinski definition) is 1. The Hall–Kier alpha value is -2.18. The molecule has 1 aliphatic rings. The fourth-order valence-electron chi connectivity index (χ4n) is 2.83. The van der Waals surface area contributed by atoms with Gasteiger partial charge in [0.1, 0.15) is 5.70 Å². The number of imide groups is 1. The van der Waals surface area contributed by atoms with E-state index in [1.165, 1.54) is 4.90 Å². The lowest BCUT2D eigenvalue weighted by Crippen LogP contribution is -2.36. The summed E-state index contributed by atoms with van der Waals surface area (Å²) in [7, 11) is 1.72. The van der Waals surface area contributed by atoms with Gasteiger partial charge in [-0.25, -0.2) is 0 Å². The molecule has 0 unspecified atom stereocenters. The molecule has 25 heavy (non-hydrogen) atoms. The predicted molar refractivity (Wildman–Crippen MR) is 95.6 cm³/mol. The first-order chi connectivity index (χ1) is 12.0. The Kier molecular flexibility index (Phi) is 6.73. The molecular formula is C19H26N2O4. The molecule has 0 saturated heterocycles. The highest BCUT2D eigenvalue weighted by Gasteiger charge is 2.40. The summed E-state index contributed by atoms with van der Waals surface area (Å²) < 4.78 is 5.29. The van der Waals surface area contributed by atoms with Gasteiger partial charge in [-0.2, -0.15) is 0 Å². The first kappa shape index (κ1) is 19.1. The van der Waals surface area contributed by atoms with E-state index in [1.54, 1.807) is 11.9 Å². The van der Waals surface area contributed by atoms with Gasteiger partial charge >= 0.3 is 0 Å². The quantitative estimate of drug-likeness (QED) is 0.541. The van der Waals surface area contributed by atoms with E-state index in [0.29, 0.717) is 37.4 Å². The molecule has 1 aromatic rings. The summed E-state index contributed by atoms with van der Waals surface area (Å²) in [6.45, 7) is 5.52. The summed E-state index contributed by atoms with van der Waals surface area (Å²) in [5, 5.41) is 9.22. The Morgan fingerprint density at radius 3 is 2.44 bits per heavy atom. The molecule has 1 aliphatic heterocycles. The molecule has 6 nitrogen and oxygen atoms in total. The number of carbonyl (C=O) groups excluding carboxylic acids is 2. The second-order valence-electron chi connectivity index (χ2n) is 6.05. The summed E-state index contributed by atoms with van der Waals surface area (Å²) in [4.78, 5) is 28.7. The minimum atomic E-state index is -0.312. The lowest BCUT2D eigenvalue weighted by molar-refractivity contribution is -0.137. The normalized spacial score (nSPS) is 14.6. The minimum Gasteiger partial charge on any atom is -0.395 e. The number of benzene rings is 1. The molecular weight excluding hydrogens is 320 g/mol. The summed E-state index contributed by atoms with van der Waals surface area (Å²) >= 11 is 0. The highest BCUT2D eigenvalue weighted by Crippen LogP contribution is 2.31. The molecule has 1 aromatic carbocycles. The third-order valence-electron chi connectivity index (χ3n) is 4.18. The van der Waals surface area contributed by atoms with Crippen LogP contribution in [-0.4, -0.2) is 66.7 Å². The van der Waals surface area contributed by atoms with E-state index < -0.39 is 0 Å². The highest BCUT2D eigenvalue weighted by atomic mass is 16.5. The maximum Gasteiger partial charge on any atom is 0.277 e. The number of aliphatic hydroxyl groups excluding tert-OH is 1. The molecule has 2 rings (SSSR count). The topological polar surface area (TPSA) is 70.1 Å². The van der Waals surface area contributed by atoms with Gasteiger partial charge in [-0.1, -0.05) is 29.8 Å². The van der Waals surface area contributed by atoms with Gasteiger partial charge in [-0.05, 0) is 25.8 Å². The standard InChI is InChI=1S/C19H26N2O4/c1-4-25-13-5-10-21-18(23)16(15-8-6-14(2)7-9-15)17(19(21)24)20(3)11-12-22/h6-9,22H,4-5,10-13H2,1-3H3. The van der Waals surface area contributed by atoms with E-state index in [1.807, 2.05) is 38.1 Å². The van der Waals surface area contributed by atoms with Crippen molar-refractivity contribution in [1.82, 2.24) is 9.80 Å². The fraction of sp³-hybridized carbons (Fsp3) is 0.474. The molecule has 0 atom stereocenters. The summed E-state index contributed by atoms with van der Waals surface area (Å²) in [5.41, 5.74) is 2.55. The van der Waals surface area contributed by atoms with Crippen molar-refractivity contribution < 1.29 is 19.4 Å². The number of aryl methyl sites for hydroxylation is 1.